The molecule has 0 radical (unpaired) electrons. The van der Waals surface area contributed by atoms with Gasteiger partial charge in [0.1, 0.15) is 0 Å². The Morgan fingerprint density at radius 1 is 1.21 bits per heavy atom. The second kappa shape index (κ2) is 3.12. The van der Waals surface area contributed by atoms with Crippen molar-refractivity contribution in [3.05, 3.63) is 29.8 Å². The third kappa shape index (κ3) is 1.52. The van der Waals surface area contributed by atoms with Gasteiger partial charge in [0.2, 0.25) is 0 Å². The third-order valence-electron chi connectivity index (χ3n) is 2.36. The van der Waals surface area contributed by atoms with E-state index >= 15 is 0 Å². The van der Waals surface area contributed by atoms with Crippen LogP contribution in [-0.4, -0.2) is 11.8 Å². The van der Waals surface area contributed by atoms with Gasteiger partial charge < -0.3 is 0 Å². The minimum Gasteiger partial charge on any atom is -0.260 e. The van der Waals surface area contributed by atoms with Gasteiger partial charge in [0.25, 0.3) is 0 Å². The highest BCUT2D eigenvalue weighted by Gasteiger charge is 2.24. The summed E-state index contributed by atoms with van der Waals surface area (Å²) in [5.74, 6) is 0. The van der Waals surface area contributed by atoms with E-state index in [4.69, 9.17) is 0 Å². The number of fused-ring (bicyclic) bond motifs is 1. The molecule has 0 bridgehead atoms. The molecule has 0 saturated heterocycles. The zero-order valence-corrected chi connectivity index (χ0v) is 8.99. The highest BCUT2D eigenvalue weighted by Crippen LogP contribution is 2.29. The number of rotatable bonds is 0. The molecule has 0 saturated carbocycles. The van der Waals surface area contributed by atoms with Crippen molar-refractivity contribution in [3.8, 4) is 0 Å². The van der Waals surface area contributed by atoms with Crippen LogP contribution in [0.2, 0.25) is 0 Å². The van der Waals surface area contributed by atoms with Crippen LogP contribution in [0.15, 0.2) is 29.4 Å². The van der Waals surface area contributed by atoms with Gasteiger partial charge >= 0.3 is 0 Å². The van der Waals surface area contributed by atoms with Crippen LogP contribution in [0.3, 0.4) is 0 Å². The Morgan fingerprint density at radius 2 is 1.93 bits per heavy atom. The monoisotopic (exact) mass is 188 g/mol. The summed E-state index contributed by atoms with van der Waals surface area (Å²) < 4.78 is 0. The molecule has 0 fully saturated rings. The Bertz CT molecular complexity index is 361. The van der Waals surface area contributed by atoms with Crippen molar-refractivity contribution in [3.63, 3.8) is 0 Å². The molecule has 0 atom stereocenters. The SMILES string of the molecule is CC(C)(C)N1N=CCc2ccccc21. The Hall–Kier alpha value is -1.31. The van der Waals surface area contributed by atoms with E-state index in [1.807, 2.05) is 6.21 Å². The molecule has 2 heteroatoms. The maximum Gasteiger partial charge on any atom is 0.0635 e. The first kappa shape index (κ1) is 9.25. The Kier molecular flexibility index (Phi) is 2.06. The summed E-state index contributed by atoms with van der Waals surface area (Å²) in [7, 11) is 0. The highest BCUT2D eigenvalue weighted by atomic mass is 15.5. The third-order valence-corrected chi connectivity index (χ3v) is 2.36. The van der Waals surface area contributed by atoms with Crippen LogP contribution in [-0.2, 0) is 6.42 Å². The lowest BCUT2D eigenvalue weighted by Crippen LogP contribution is -2.39. The fraction of sp³-hybridized carbons (Fsp3) is 0.417. The quantitative estimate of drug-likeness (QED) is 0.611. The summed E-state index contributed by atoms with van der Waals surface area (Å²) in [4.78, 5) is 0. The van der Waals surface area contributed by atoms with E-state index in [0.29, 0.717) is 0 Å². The molecule has 74 valence electrons. The van der Waals surface area contributed by atoms with Crippen LogP contribution in [0, 0.1) is 0 Å². The highest BCUT2D eigenvalue weighted by molar-refractivity contribution is 5.73. The molecule has 2 nitrogen and oxygen atoms in total. The van der Waals surface area contributed by atoms with E-state index in [9.17, 15) is 0 Å². The number of anilines is 1. The van der Waals surface area contributed by atoms with Crippen molar-refractivity contribution in [1.29, 1.82) is 0 Å². The summed E-state index contributed by atoms with van der Waals surface area (Å²) in [6.07, 6.45) is 2.93. The smallest absolute Gasteiger partial charge is 0.0635 e. The van der Waals surface area contributed by atoms with Gasteiger partial charge in [-0.25, -0.2) is 0 Å². The lowest BCUT2D eigenvalue weighted by Gasteiger charge is -2.36. The molecule has 0 amide bonds. The molecule has 0 N–H and O–H groups in total. The number of hydrogen-bond donors (Lipinski definition) is 0. The Labute approximate surface area is 85.2 Å². The van der Waals surface area contributed by atoms with Crippen molar-refractivity contribution >= 4 is 11.9 Å². The average molecular weight is 188 g/mol. The molecule has 14 heavy (non-hydrogen) atoms. The molecular weight excluding hydrogens is 172 g/mol. The fourth-order valence-corrected chi connectivity index (χ4v) is 1.71. The van der Waals surface area contributed by atoms with Crippen LogP contribution in [0.25, 0.3) is 0 Å². The van der Waals surface area contributed by atoms with E-state index in [0.717, 1.165) is 6.42 Å². The molecule has 1 aliphatic rings. The van der Waals surface area contributed by atoms with Crippen molar-refractivity contribution in [2.75, 3.05) is 5.01 Å². The largest absolute Gasteiger partial charge is 0.260 e. The zero-order chi connectivity index (χ0) is 10.2. The number of para-hydroxylation sites is 1. The average Bonchev–Trinajstić information content (AvgIpc) is 2.15. The molecule has 0 aromatic heterocycles. The minimum atomic E-state index is 0.0486. The Morgan fingerprint density at radius 3 is 2.64 bits per heavy atom. The van der Waals surface area contributed by atoms with Crippen LogP contribution < -0.4 is 5.01 Å². The maximum atomic E-state index is 4.45. The molecule has 0 unspecified atom stereocenters. The zero-order valence-electron chi connectivity index (χ0n) is 8.99. The number of nitrogens with zero attached hydrogens (tertiary/aromatic N) is 2. The first-order valence-electron chi connectivity index (χ1n) is 4.99. The normalized spacial score (nSPS) is 15.5. The lowest BCUT2D eigenvalue weighted by molar-refractivity contribution is 0.512. The van der Waals surface area contributed by atoms with E-state index in [1.54, 1.807) is 0 Å². The molecule has 0 spiro atoms. The van der Waals surface area contributed by atoms with E-state index < -0.39 is 0 Å². The molecule has 1 aromatic rings. The predicted octanol–water partition coefficient (Wildman–Crippen LogP) is 2.83. The van der Waals surface area contributed by atoms with Crippen molar-refractivity contribution < 1.29 is 0 Å². The summed E-state index contributed by atoms with van der Waals surface area (Å²) >= 11 is 0. The number of hydrogen-bond acceptors (Lipinski definition) is 2. The van der Waals surface area contributed by atoms with E-state index in [-0.39, 0.29) is 5.54 Å². The summed E-state index contributed by atoms with van der Waals surface area (Å²) in [5, 5.41) is 6.54. The van der Waals surface area contributed by atoms with E-state index in [1.165, 1.54) is 11.3 Å². The van der Waals surface area contributed by atoms with Crippen LogP contribution >= 0.6 is 0 Å². The fourth-order valence-electron chi connectivity index (χ4n) is 1.71. The van der Waals surface area contributed by atoms with Gasteiger partial charge in [-0.05, 0) is 32.4 Å². The minimum absolute atomic E-state index is 0.0486. The standard InChI is InChI=1S/C12H16N2/c1-12(2,3)14-11-7-5-4-6-10(11)8-9-13-14/h4-7,9H,8H2,1-3H3. The topological polar surface area (TPSA) is 15.6 Å². The summed E-state index contributed by atoms with van der Waals surface area (Å²) in [6.45, 7) is 6.52. The lowest BCUT2D eigenvalue weighted by atomic mass is 10.0. The molecule has 2 rings (SSSR count). The van der Waals surface area contributed by atoms with Gasteiger partial charge in [-0.3, -0.25) is 5.01 Å². The van der Waals surface area contributed by atoms with Crippen LogP contribution in [0.4, 0.5) is 5.69 Å². The van der Waals surface area contributed by atoms with Crippen LogP contribution in [0.1, 0.15) is 26.3 Å². The van der Waals surface area contributed by atoms with Crippen molar-refractivity contribution in [2.24, 2.45) is 5.10 Å². The molecule has 1 aromatic carbocycles. The summed E-state index contributed by atoms with van der Waals surface area (Å²) in [6, 6.07) is 8.45. The molecule has 1 aliphatic heterocycles. The number of hydrazone groups is 1. The van der Waals surface area contributed by atoms with Gasteiger partial charge in [0.15, 0.2) is 0 Å². The van der Waals surface area contributed by atoms with Gasteiger partial charge in [-0.15, -0.1) is 0 Å². The molecule has 0 aliphatic carbocycles. The van der Waals surface area contributed by atoms with Gasteiger partial charge in [0, 0.05) is 12.6 Å². The Balaban J connectivity index is 2.46. The maximum absolute atomic E-state index is 4.45. The summed E-state index contributed by atoms with van der Waals surface area (Å²) in [5.41, 5.74) is 2.65. The van der Waals surface area contributed by atoms with Gasteiger partial charge in [-0.2, -0.15) is 5.10 Å². The second-order valence-corrected chi connectivity index (χ2v) is 4.61. The van der Waals surface area contributed by atoms with Gasteiger partial charge in [-0.1, -0.05) is 18.2 Å². The first-order chi connectivity index (χ1) is 6.59. The predicted molar refractivity (Wildman–Crippen MR) is 60.9 cm³/mol. The van der Waals surface area contributed by atoms with Gasteiger partial charge in [0.05, 0.1) is 11.2 Å². The second-order valence-electron chi connectivity index (χ2n) is 4.61. The molecular formula is C12H16N2. The first-order valence-corrected chi connectivity index (χ1v) is 4.99. The van der Waals surface area contributed by atoms with Crippen molar-refractivity contribution in [1.82, 2.24) is 0 Å². The van der Waals surface area contributed by atoms with Crippen LogP contribution in [0.5, 0.6) is 0 Å². The number of benzene rings is 1. The van der Waals surface area contributed by atoms with E-state index in [2.05, 4.69) is 55.1 Å². The molecule has 1 heterocycles. The van der Waals surface area contributed by atoms with Crippen molar-refractivity contribution in [2.45, 2.75) is 32.7 Å².